The molecule has 3 rings (SSSR count). The maximum atomic E-state index is 12.7. The van der Waals surface area contributed by atoms with E-state index in [1.54, 1.807) is 66.7 Å². The molecule has 0 fully saturated rings. The maximum Gasteiger partial charge on any atom is 0.326 e. The third-order valence-corrected chi connectivity index (χ3v) is 6.09. The number of carbonyl (C=O) groups excluding carboxylic acids is 1. The molecule has 3 aromatic carbocycles. The summed E-state index contributed by atoms with van der Waals surface area (Å²) in [5, 5.41) is 23.0. The lowest BCUT2D eigenvalue weighted by molar-refractivity contribution is -0.139. The molecule has 0 bridgehead atoms. The summed E-state index contributed by atoms with van der Waals surface area (Å²) in [6.45, 7) is -0.619. The van der Waals surface area contributed by atoms with Crippen LogP contribution in [0.4, 0.5) is 0 Å². The Labute approximate surface area is 185 Å². The summed E-state index contributed by atoms with van der Waals surface area (Å²) in [7, 11) is -3.99. The fourth-order valence-electron chi connectivity index (χ4n) is 3.11. The molecule has 0 aliphatic carbocycles. The summed E-state index contributed by atoms with van der Waals surface area (Å²) < 4.78 is 27.5. The van der Waals surface area contributed by atoms with E-state index in [0.717, 1.165) is 10.9 Å². The highest BCUT2D eigenvalue weighted by molar-refractivity contribution is 7.89. The van der Waals surface area contributed by atoms with Gasteiger partial charge in [-0.25, -0.2) is 17.9 Å². The molecule has 0 saturated heterocycles. The van der Waals surface area contributed by atoms with Gasteiger partial charge in [0.25, 0.3) is 0 Å². The van der Waals surface area contributed by atoms with Crippen molar-refractivity contribution in [2.75, 3.05) is 6.54 Å². The fourth-order valence-corrected chi connectivity index (χ4v) is 4.32. The van der Waals surface area contributed by atoms with Crippen molar-refractivity contribution in [3.63, 3.8) is 0 Å². The van der Waals surface area contributed by atoms with Gasteiger partial charge in [0, 0.05) is 11.8 Å². The quantitative estimate of drug-likeness (QED) is 0.257. The number of carboxylic acid groups (broad SMARTS) is 1. The van der Waals surface area contributed by atoms with Crippen LogP contribution >= 0.6 is 0 Å². The van der Waals surface area contributed by atoms with E-state index in [9.17, 15) is 23.1 Å². The van der Waals surface area contributed by atoms with Crippen LogP contribution in [0.15, 0.2) is 77.7 Å². The second-order valence-corrected chi connectivity index (χ2v) is 8.69. The van der Waals surface area contributed by atoms with E-state index in [0.29, 0.717) is 5.39 Å². The number of hydrogen-bond acceptors (Lipinski definition) is 5. The molecule has 10 heteroatoms. The Kier molecular flexibility index (Phi) is 7.18. The van der Waals surface area contributed by atoms with Crippen LogP contribution in [0.3, 0.4) is 0 Å². The molecule has 166 valence electrons. The minimum Gasteiger partial charge on any atom is -0.480 e. The molecule has 0 saturated carbocycles. The number of rotatable bonds is 8. The number of nitrogens with one attached hydrogen (secondary N) is 4. The summed E-state index contributed by atoms with van der Waals surface area (Å²) in [5.41, 5.74) is 0.745. The van der Waals surface area contributed by atoms with Gasteiger partial charge in [0.1, 0.15) is 6.04 Å². The molecule has 0 aromatic heterocycles. The molecule has 0 radical (unpaired) electrons. The Morgan fingerprint density at radius 3 is 2.31 bits per heavy atom. The Morgan fingerprint density at radius 1 is 0.938 bits per heavy atom. The third kappa shape index (κ3) is 5.90. The van der Waals surface area contributed by atoms with Gasteiger partial charge in [0.2, 0.25) is 15.9 Å². The first-order valence-electron chi connectivity index (χ1n) is 9.65. The van der Waals surface area contributed by atoms with E-state index < -0.39 is 40.4 Å². The van der Waals surface area contributed by atoms with Crippen LogP contribution in [0, 0.1) is 5.41 Å². The second kappa shape index (κ2) is 10.0. The van der Waals surface area contributed by atoms with Crippen LogP contribution in [0.5, 0.6) is 0 Å². The van der Waals surface area contributed by atoms with Crippen LogP contribution in [-0.4, -0.2) is 43.9 Å². The van der Waals surface area contributed by atoms with Crippen molar-refractivity contribution in [3.8, 4) is 0 Å². The first-order chi connectivity index (χ1) is 15.3. The molecule has 32 heavy (non-hydrogen) atoms. The summed E-state index contributed by atoms with van der Waals surface area (Å²) in [4.78, 5) is 23.7. The van der Waals surface area contributed by atoms with Crippen molar-refractivity contribution >= 4 is 38.6 Å². The molecule has 9 nitrogen and oxygen atoms in total. The van der Waals surface area contributed by atoms with Crippen molar-refractivity contribution < 1.29 is 23.1 Å². The van der Waals surface area contributed by atoms with E-state index in [1.807, 2.05) is 0 Å². The van der Waals surface area contributed by atoms with Gasteiger partial charge in [-0.1, -0.05) is 66.7 Å². The highest BCUT2D eigenvalue weighted by Gasteiger charge is 2.21. The Balaban J connectivity index is 1.58. The van der Waals surface area contributed by atoms with E-state index in [1.165, 1.54) is 6.07 Å². The van der Waals surface area contributed by atoms with E-state index in [2.05, 4.69) is 15.4 Å². The zero-order chi connectivity index (χ0) is 23.1. The molecule has 0 heterocycles. The molecule has 0 aliphatic rings. The van der Waals surface area contributed by atoms with Crippen molar-refractivity contribution in [2.24, 2.45) is 0 Å². The van der Waals surface area contributed by atoms with Crippen molar-refractivity contribution in [3.05, 3.63) is 78.4 Å². The molecular formula is C22H22N4O5S. The van der Waals surface area contributed by atoms with E-state index in [4.69, 9.17) is 5.41 Å². The zero-order valence-corrected chi connectivity index (χ0v) is 17.7. The van der Waals surface area contributed by atoms with Crippen molar-refractivity contribution in [2.45, 2.75) is 17.4 Å². The van der Waals surface area contributed by atoms with Gasteiger partial charge in [-0.2, -0.15) is 0 Å². The lowest BCUT2D eigenvalue weighted by Gasteiger charge is -2.17. The number of aliphatic carboxylic acids is 1. The number of carboxylic acids is 1. The second-order valence-electron chi connectivity index (χ2n) is 6.95. The molecule has 1 amide bonds. The number of amides is 1. The van der Waals surface area contributed by atoms with E-state index >= 15 is 0 Å². The number of fused-ring (bicyclic) bond motifs is 1. The van der Waals surface area contributed by atoms with Gasteiger partial charge in [-0.3, -0.25) is 15.5 Å². The number of guanidine groups is 1. The van der Waals surface area contributed by atoms with Gasteiger partial charge in [-0.05, 0) is 17.0 Å². The minimum atomic E-state index is -3.99. The number of hydrogen-bond donors (Lipinski definition) is 5. The molecule has 5 N–H and O–H groups in total. The monoisotopic (exact) mass is 454 g/mol. The topological polar surface area (TPSA) is 148 Å². The van der Waals surface area contributed by atoms with Gasteiger partial charge in [0.05, 0.1) is 11.4 Å². The molecular weight excluding hydrogens is 432 g/mol. The molecule has 0 spiro atoms. The third-order valence-electron chi connectivity index (χ3n) is 4.63. The van der Waals surface area contributed by atoms with E-state index in [-0.39, 0.29) is 11.3 Å². The Bertz CT molecular complexity index is 1240. The lowest BCUT2D eigenvalue weighted by Crippen LogP contribution is -2.51. The molecule has 0 unspecified atom stereocenters. The smallest absolute Gasteiger partial charge is 0.326 e. The van der Waals surface area contributed by atoms with Gasteiger partial charge in [0.15, 0.2) is 5.96 Å². The molecule has 1 atom stereocenters. The lowest BCUT2D eigenvalue weighted by atomic mass is 10.1. The Hall–Kier alpha value is -3.76. The SMILES string of the molecule is N=C(NC(=O)CNS(=O)(=O)c1cccc2ccccc12)N[C@@H](Cc1ccccc1)C(=O)O. The fraction of sp³-hybridized carbons (Fsp3) is 0.136. The van der Waals surface area contributed by atoms with Gasteiger partial charge in [-0.15, -0.1) is 0 Å². The molecule has 0 aliphatic heterocycles. The van der Waals surface area contributed by atoms with Gasteiger partial charge < -0.3 is 10.4 Å². The summed E-state index contributed by atoms with van der Waals surface area (Å²) >= 11 is 0. The normalized spacial score (nSPS) is 12.1. The largest absolute Gasteiger partial charge is 0.480 e. The summed E-state index contributed by atoms with van der Waals surface area (Å²) in [6, 6.07) is 19.5. The van der Waals surface area contributed by atoms with Crippen molar-refractivity contribution in [1.82, 2.24) is 15.4 Å². The Morgan fingerprint density at radius 2 is 1.59 bits per heavy atom. The zero-order valence-electron chi connectivity index (χ0n) is 16.9. The van der Waals surface area contributed by atoms with Crippen LogP contribution in [0.1, 0.15) is 5.56 Å². The summed E-state index contributed by atoms with van der Waals surface area (Å²) in [5.74, 6) is -2.54. The minimum absolute atomic E-state index is 0.0328. The molecule has 3 aromatic rings. The predicted octanol–water partition coefficient (Wildman–Crippen LogP) is 1.45. The standard InChI is InChI=1S/C22H22N4O5S/c23-22(25-18(21(28)29)13-15-7-2-1-3-8-15)26-20(27)14-24-32(30,31)19-12-6-10-16-9-4-5-11-17(16)19/h1-12,18,24H,13-14H2,(H,28,29)(H3,23,25,26,27)/t18-/m0/s1. The predicted molar refractivity (Wildman–Crippen MR) is 120 cm³/mol. The first kappa shape index (κ1) is 22.9. The number of benzene rings is 3. The van der Waals surface area contributed by atoms with Crippen LogP contribution in [0.2, 0.25) is 0 Å². The highest BCUT2D eigenvalue weighted by atomic mass is 32.2. The average molecular weight is 455 g/mol. The van der Waals surface area contributed by atoms with Gasteiger partial charge >= 0.3 is 5.97 Å². The average Bonchev–Trinajstić information content (AvgIpc) is 2.77. The highest BCUT2D eigenvalue weighted by Crippen LogP contribution is 2.22. The van der Waals surface area contributed by atoms with Crippen molar-refractivity contribution in [1.29, 1.82) is 5.41 Å². The first-order valence-corrected chi connectivity index (χ1v) is 11.1. The van der Waals surface area contributed by atoms with Crippen LogP contribution in [0.25, 0.3) is 10.8 Å². The van der Waals surface area contributed by atoms with Crippen LogP contribution < -0.4 is 15.4 Å². The number of carbonyl (C=O) groups is 2. The number of sulfonamides is 1. The maximum absolute atomic E-state index is 12.7. The van der Waals surface area contributed by atoms with Crippen LogP contribution in [-0.2, 0) is 26.0 Å². The summed E-state index contributed by atoms with van der Waals surface area (Å²) in [6.07, 6.45) is 0.0993.